The van der Waals surface area contributed by atoms with E-state index in [1.54, 1.807) is 0 Å². The molecule has 2 heterocycles. The Morgan fingerprint density at radius 1 is 0.979 bits per heavy atom. The lowest BCUT2D eigenvalue weighted by Crippen LogP contribution is -2.60. The van der Waals surface area contributed by atoms with Crippen LogP contribution < -0.4 is 0 Å². The summed E-state index contributed by atoms with van der Waals surface area (Å²) in [5.41, 5.74) is -0.808. The first-order valence-electron chi connectivity index (χ1n) is 19.9. The van der Waals surface area contributed by atoms with E-state index in [9.17, 15) is 15.0 Å². The lowest BCUT2D eigenvalue weighted by molar-refractivity contribution is -0.215. The van der Waals surface area contributed by atoms with E-state index >= 15 is 0 Å². The summed E-state index contributed by atoms with van der Waals surface area (Å²) in [4.78, 5) is 17.9. The number of fused-ring (bicyclic) bond motifs is 4. The van der Waals surface area contributed by atoms with E-state index in [-0.39, 0.29) is 57.4 Å². The third-order valence-corrected chi connectivity index (χ3v) is 16.6. The summed E-state index contributed by atoms with van der Waals surface area (Å²) in [6, 6.07) is 0. The van der Waals surface area contributed by atoms with E-state index in [0.717, 1.165) is 77.7 Å². The van der Waals surface area contributed by atoms with Crippen LogP contribution in [0, 0.1) is 50.7 Å². The second-order valence-corrected chi connectivity index (χ2v) is 19.3. The van der Waals surface area contributed by atoms with Crippen molar-refractivity contribution < 1.29 is 29.2 Å². The predicted octanol–water partition coefficient (Wildman–Crippen LogP) is 6.51. The van der Waals surface area contributed by atoms with Gasteiger partial charge in [-0.3, -0.25) is 4.90 Å². The Balaban J connectivity index is 1.10. The molecule has 7 fully saturated rings. The lowest BCUT2D eigenvalue weighted by atomic mass is 9.41. The molecule has 48 heavy (non-hydrogen) atoms. The smallest absolute Gasteiger partial charge is 0.410 e. The van der Waals surface area contributed by atoms with Crippen LogP contribution in [-0.2, 0) is 14.2 Å². The standard InChI is InChI=1S/C40H68N2O6/c1-10-18-41-19-21-42(22-20-41)34(44)48-29-14-15-39-24-40(39)17-16-37(8)30-25(3)23-26(33(46-11-2)36(6,7)45)47-31(30)32(43)38(37,9)28(40)13-12-27(39)35(29,4)5/h25-33,43,45H,10-24H2,1-9H3/t25-,26-,27+,28+,29+,30+,31+,32+,33+,37-,38-,39-,40+/m1/s1. The van der Waals surface area contributed by atoms with Gasteiger partial charge in [-0.05, 0) is 125 Å². The molecule has 7 rings (SSSR count). The van der Waals surface area contributed by atoms with Crippen LogP contribution in [0.25, 0.3) is 0 Å². The zero-order valence-electron chi connectivity index (χ0n) is 31.7. The van der Waals surface area contributed by atoms with E-state index in [0.29, 0.717) is 24.4 Å². The Labute approximate surface area is 291 Å². The van der Waals surface area contributed by atoms with Gasteiger partial charge in [0.05, 0.1) is 23.9 Å². The number of piperazine rings is 1. The maximum absolute atomic E-state index is 13.5. The monoisotopic (exact) mass is 673 g/mol. The van der Waals surface area contributed by atoms with Gasteiger partial charge in [-0.2, -0.15) is 0 Å². The number of rotatable bonds is 7. The van der Waals surface area contributed by atoms with Crippen LogP contribution in [0.3, 0.4) is 0 Å². The Morgan fingerprint density at radius 2 is 1.65 bits per heavy atom. The summed E-state index contributed by atoms with van der Waals surface area (Å²) in [5.74, 6) is 1.65. The number of amides is 1. The number of hydrogen-bond donors (Lipinski definition) is 2. The number of aliphatic hydroxyl groups excluding tert-OH is 1. The minimum absolute atomic E-state index is 0.00670. The van der Waals surface area contributed by atoms with Gasteiger partial charge in [0.1, 0.15) is 12.2 Å². The molecule has 5 aliphatic carbocycles. The van der Waals surface area contributed by atoms with E-state index in [2.05, 4.69) is 46.4 Å². The zero-order chi connectivity index (χ0) is 34.7. The normalized spacial score (nSPS) is 48.8. The van der Waals surface area contributed by atoms with Gasteiger partial charge in [-0.15, -0.1) is 0 Å². The second kappa shape index (κ2) is 11.8. The first-order valence-corrected chi connectivity index (χ1v) is 19.9. The first kappa shape index (κ1) is 35.5. The zero-order valence-corrected chi connectivity index (χ0v) is 31.7. The molecule has 1 amide bonds. The highest BCUT2D eigenvalue weighted by molar-refractivity contribution is 5.68. The molecule has 2 aliphatic heterocycles. The number of aliphatic hydroxyl groups is 2. The molecular formula is C40H68N2O6. The SMILES string of the molecule is CCCN1CCN(C(=O)O[C@H]2CC[C@]34C[C@]35CC[C@]3(C)[C@@H]6[C@H](O[C@@H]([C@H](OCC)C(C)(C)O)C[C@H]6C)[C@H](O)[C@@]3(C)[C@@H]5CC[C@H]4C2(C)C)CC1. The maximum Gasteiger partial charge on any atom is 0.410 e. The van der Waals surface area contributed by atoms with E-state index in [4.69, 9.17) is 14.2 Å². The van der Waals surface area contributed by atoms with Crippen LogP contribution in [-0.4, -0.2) is 102 Å². The average molecular weight is 673 g/mol. The summed E-state index contributed by atoms with van der Waals surface area (Å²) in [5, 5.41) is 23.6. The molecule has 0 aromatic heterocycles. The van der Waals surface area contributed by atoms with Crippen molar-refractivity contribution in [2.24, 2.45) is 50.7 Å². The van der Waals surface area contributed by atoms with Crippen molar-refractivity contribution in [2.45, 2.75) is 156 Å². The van der Waals surface area contributed by atoms with Crippen molar-refractivity contribution in [3.05, 3.63) is 0 Å². The van der Waals surface area contributed by atoms with Crippen LogP contribution in [0.2, 0.25) is 0 Å². The Kier molecular flexibility index (Phi) is 8.72. The predicted molar refractivity (Wildman–Crippen MR) is 186 cm³/mol. The fraction of sp³-hybridized carbons (Fsp3) is 0.975. The molecule has 0 bridgehead atoms. The Morgan fingerprint density at radius 3 is 2.29 bits per heavy atom. The van der Waals surface area contributed by atoms with Gasteiger partial charge in [0.25, 0.3) is 0 Å². The molecule has 0 aromatic carbocycles. The topological polar surface area (TPSA) is 91.7 Å². The van der Waals surface area contributed by atoms with Crippen LogP contribution in [0.5, 0.6) is 0 Å². The number of carbonyl (C=O) groups excluding carboxylic acids is 1. The van der Waals surface area contributed by atoms with Gasteiger partial charge in [-0.1, -0.05) is 41.5 Å². The summed E-state index contributed by atoms with van der Waals surface area (Å²) in [7, 11) is 0. The minimum atomic E-state index is -1.02. The molecule has 8 nitrogen and oxygen atoms in total. The van der Waals surface area contributed by atoms with Crippen molar-refractivity contribution in [3.63, 3.8) is 0 Å². The summed E-state index contributed by atoms with van der Waals surface area (Å²) in [6.07, 6.45) is 8.37. The minimum Gasteiger partial charge on any atom is -0.446 e. The molecule has 8 heteroatoms. The van der Waals surface area contributed by atoms with Crippen molar-refractivity contribution in [1.82, 2.24) is 9.80 Å². The van der Waals surface area contributed by atoms with Crippen molar-refractivity contribution in [3.8, 4) is 0 Å². The van der Waals surface area contributed by atoms with Gasteiger partial charge < -0.3 is 29.3 Å². The maximum atomic E-state index is 13.5. The molecular weight excluding hydrogens is 604 g/mol. The molecule has 7 aliphatic rings. The number of hydrogen-bond acceptors (Lipinski definition) is 7. The second-order valence-electron chi connectivity index (χ2n) is 19.3. The Hall–Kier alpha value is -0.930. The number of carbonyl (C=O) groups is 1. The van der Waals surface area contributed by atoms with Gasteiger partial charge in [0.2, 0.25) is 0 Å². The molecule has 2 spiro atoms. The molecule has 0 aromatic rings. The molecule has 5 saturated carbocycles. The molecule has 0 radical (unpaired) electrons. The molecule has 13 atom stereocenters. The highest BCUT2D eigenvalue weighted by Crippen LogP contribution is 2.89. The van der Waals surface area contributed by atoms with Crippen LogP contribution in [0.4, 0.5) is 4.79 Å². The van der Waals surface area contributed by atoms with Gasteiger partial charge in [0.15, 0.2) is 0 Å². The quantitative estimate of drug-likeness (QED) is 0.319. The summed E-state index contributed by atoms with van der Waals surface area (Å²) < 4.78 is 19.5. The third kappa shape index (κ3) is 4.80. The van der Waals surface area contributed by atoms with E-state index in [1.807, 2.05) is 25.7 Å². The first-order chi connectivity index (χ1) is 22.5. The van der Waals surface area contributed by atoms with E-state index < -0.39 is 17.8 Å². The number of ether oxygens (including phenoxy) is 3. The fourth-order valence-corrected chi connectivity index (χ4v) is 14.3. The molecule has 2 saturated heterocycles. The van der Waals surface area contributed by atoms with E-state index in [1.165, 1.54) is 12.8 Å². The van der Waals surface area contributed by atoms with Crippen LogP contribution >= 0.6 is 0 Å². The summed E-state index contributed by atoms with van der Waals surface area (Å²) in [6.45, 7) is 24.9. The molecule has 274 valence electrons. The average Bonchev–Trinajstić information content (AvgIpc) is 3.65. The number of nitrogens with zero attached hydrogens (tertiary/aromatic N) is 2. The van der Waals surface area contributed by atoms with Crippen molar-refractivity contribution >= 4 is 6.09 Å². The molecule has 0 unspecified atom stereocenters. The van der Waals surface area contributed by atoms with Crippen molar-refractivity contribution in [1.29, 1.82) is 0 Å². The highest BCUT2D eigenvalue weighted by Gasteiger charge is 2.84. The Bertz CT molecular complexity index is 1230. The molecule has 2 N–H and O–H groups in total. The highest BCUT2D eigenvalue weighted by atomic mass is 16.6. The summed E-state index contributed by atoms with van der Waals surface area (Å²) >= 11 is 0. The fourth-order valence-electron chi connectivity index (χ4n) is 14.3. The van der Waals surface area contributed by atoms with Gasteiger partial charge in [0, 0.05) is 43.6 Å². The largest absolute Gasteiger partial charge is 0.446 e. The van der Waals surface area contributed by atoms with Gasteiger partial charge in [-0.25, -0.2) is 4.79 Å². The van der Waals surface area contributed by atoms with Crippen molar-refractivity contribution in [2.75, 3.05) is 39.3 Å². The van der Waals surface area contributed by atoms with Gasteiger partial charge >= 0.3 is 6.09 Å². The van der Waals surface area contributed by atoms with Crippen LogP contribution in [0.1, 0.15) is 120 Å². The lowest BCUT2D eigenvalue weighted by Gasteiger charge is -2.63. The third-order valence-electron chi connectivity index (χ3n) is 16.6. The van der Waals surface area contributed by atoms with Crippen LogP contribution in [0.15, 0.2) is 0 Å².